The van der Waals surface area contributed by atoms with E-state index in [1.165, 1.54) is 4.90 Å². The summed E-state index contributed by atoms with van der Waals surface area (Å²) in [4.78, 5) is 25.0. The molecule has 1 aliphatic carbocycles. The van der Waals surface area contributed by atoms with Crippen molar-refractivity contribution in [3.63, 3.8) is 0 Å². The molecule has 0 aromatic rings. The molecule has 2 aliphatic heterocycles. The largest absolute Gasteiger partial charge is 0.434 e. The van der Waals surface area contributed by atoms with Gasteiger partial charge in [0.1, 0.15) is 5.78 Å². The lowest BCUT2D eigenvalue weighted by atomic mass is 9.87. The molecule has 2 unspecified atom stereocenters. The second-order valence-corrected chi connectivity index (χ2v) is 8.05. The molecular formula is C18H27F3N2O5. The summed E-state index contributed by atoms with van der Waals surface area (Å²) >= 11 is 0. The van der Waals surface area contributed by atoms with Crippen LogP contribution in [0.3, 0.4) is 0 Å². The zero-order valence-corrected chi connectivity index (χ0v) is 15.7. The lowest BCUT2D eigenvalue weighted by Gasteiger charge is -2.38. The molecule has 2 N–H and O–H groups in total. The Balaban J connectivity index is 1.40. The molecule has 1 spiro atoms. The quantitative estimate of drug-likeness (QED) is 0.666. The first-order chi connectivity index (χ1) is 13.2. The van der Waals surface area contributed by atoms with Crippen LogP contribution in [0.1, 0.15) is 38.5 Å². The third kappa shape index (κ3) is 5.57. The number of nitrogens with one attached hydrogen (secondary N) is 1. The first-order valence-corrected chi connectivity index (χ1v) is 9.73. The summed E-state index contributed by atoms with van der Waals surface area (Å²) in [6, 6.07) is 0.0608. The highest BCUT2D eigenvalue weighted by Gasteiger charge is 2.46. The zero-order valence-electron chi connectivity index (χ0n) is 15.7. The van der Waals surface area contributed by atoms with Crippen molar-refractivity contribution >= 4 is 11.9 Å². The Hall–Kier alpha value is -1.39. The van der Waals surface area contributed by atoms with Crippen LogP contribution in [0.2, 0.25) is 0 Å². The number of likely N-dealkylation sites (tertiary alicyclic amines) is 1. The van der Waals surface area contributed by atoms with E-state index in [4.69, 9.17) is 9.84 Å². The van der Waals surface area contributed by atoms with Gasteiger partial charge in [-0.3, -0.25) is 4.79 Å². The molecule has 1 amide bonds. The third-order valence-corrected chi connectivity index (χ3v) is 5.72. The molecule has 160 valence electrons. The summed E-state index contributed by atoms with van der Waals surface area (Å²) in [5.74, 6) is 0.774. The lowest BCUT2D eigenvalue weighted by Crippen LogP contribution is -2.49. The molecule has 7 nitrogen and oxygen atoms in total. The van der Waals surface area contributed by atoms with Crippen LogP contribution in [0.25, 0.3) is 0 Å². The maximum absolute atomic E-state index is 12.6. The molecule has 10 heteroatoms. The minimum absolute atomic E-state index is 0.0608. The molecule has 2 saturated heterocycles. The van der Waals surface area contributed by atoms with Gasteiger partial charge in [-0.15, -0.1) is 0 Å². The van der Waals surface area contributed by atoms with E-state index in [-0.39, 0.29) is 24.9 Å². The molecule has 2 heterocycles. The predicted octanol–water partition coefficient (Wildman–Crippen LogP) is 1.63. The first kappa shape index (κ1) is 21.3. The van der Waals surface area contributed by atoms with Crippen molar-refractivity contribution in [1.82, 2.24) is 10.2 Å². The summed E-state index contributed by atoms with van der Waals surface area (Å²) in [6.45, 7) is -0.0475. The van der Waals surface area contributed by atoms with E-state index in [1.807, 2.05) is 0 Å². The number of aliphatic hydroxyl groups is 1. The van der Waals surface area contributed by atoms with Gasteiger partial charge >= 0.3 is 12.3 Å². The van der Waals surface area contributed by atoms with Crippen LogP contribution in [0.4, 0.5) is 18.0 Å². The van der Waals surface area contributed by atoms with Crippen molar-refractivity contribution in [3.05, 3.63) is 0 Å². The van der Waals surface area contributed by atoms with Gasteiger partial charge in [-0.05, 0) is 38.0 Å². The number of hydrogen-bond donors (Lipinski definition) is 2. The molecule has 3 fully saturated rings. The second-order valence-electron chi connectivity index (χ2n) is 8.05. The first-order valence-electron chi connectivity index (χ1n) is 9.73. The standard InChI is InChI=1S/C18H27F3N2O5/c19-18(20,21)15(10-24)28-16(26)23-5-3-17(4-6-23)8-13(11-27-17)22-9-14(25)7-12-1-2-12/h12-13,15,22,24H,1-11H2. The van der Waals surface area contributed by atoms with Gasteiger partial charge in [0.05, 0.1) is 25.4 Å². The number of carbonyl (C=O) groups excluding carboxylic acids is 2. The van der Waals surface area contributed by atoms with Crippen LogP contribution >= 0.6 is 0 Å². The van der Waals surface area contributed by atoms with Gasteiger partial charge in [-0.1, -0.05) is 0 Å². The van der Waals surface area contributed by atoms with E-state index in [0.717, 1.165) is 12.8 Å². The highest BCUT2D eigenvalue weighted by molar-refractivity contribution is 5.81. The Morgan fingerprint density at radius 2 is 1.96 bits per heavy atom. The molecule has 2 atom stereocenters. The average molecular weight is 408 g/mol. The topological polar surface area (TPSA) is 88.1 Å². The fraction of sp³-hybridized carbons (Fsp3) is 0.889. The zero-order chi connectivity index (χ0) is 20.4. The van der Waals surface area contributed by atoms with Crippen molar-refractivity contribution in [1.29, 1.82) is 0 Å². The number of nitrogens with zero attached hydrogens (tertiary/aromatic N) is 1. The van der Waals surface area contributed by atoms with E-state index in [0.29, 0.717) is 44.8 Å². The van der Waals surface area contributed by atoms with Crippen molar-refractivity contribution in [3.8, 4) is 0 Å². The van der Waals surface area contributed by atoms with Gasteiger partial charge in [-0.2, -0.15) is 13.2 Å². The van der Waals surface area contributed by atoms with E-state index < -0.39 is 30.6 Å². The molecular weight excluding hydrogens is 381 g/mol. The minimum atomic E-state index is -4.80. The Labute approximate surface area is 161 Å². The summed E-state index contributed by atoms with van der Waals surface area (Å²) in [7, 11) is 0. The molecule has 0 radical (unpaired) electrons. The molecule has 3 aliphatic rings. The van der Waals surface area contributed by atoms with Crippen LogP contribution in [0, 0.1) is 5.92 Å². The fourth-order valence-electron chi connectivity index (χ4n) is 3.80. The lowest BCUT2D eigenvalue weighted by molar-refractivity contribution is -0.215. The predicted molar refractivity (Wildman–Crippen MR) is 91.7 cm³/mol. The molecule has 3 rings (SSSR count). The van der Waals surface area contributed by atoms with Crippen molar-refractivity contribution < 1.29 is 37.3 Å². The Morgan fingerprint density at radius 1 is 1.29 bits per heavy atom. The number of ketones is 1. The molecule has 28 heavy (non-hydrogen) atoms. The number of aliphatic hydroxyl groups excluding tert-OH is 1. The van der Waals surface area contributed by atoms with Crippen LogP contribution < -0.4 is 5.32 Å². The SMILES string of the molecule is O=C(CNC1COC2(CCN(C(=O)OC(CO)C(F)(F)F)CC2)C1)CC1CC1. The summed E-state index contributed by atoms with van der Waals surface area (Å²) in [5.41, 5.74) is -0.422. The Morgan fingerprint density at radius 3 is 2.54 bits per heavy atom. The Bertz CT molecular complexity index is 574. The number of piperidine rings is 1. The molecule has 0 aromatic carbocycles. The van der Waals surface area contributed by atoms with E-state index in [1.54, 1.807) is 0 Å². The average Bonchev–Trinajstić information content (AvgIpc) is 3.37. The van der Waals surface area contributed by atoms with Gasteiger partial charge in [-0.25, -0.2) is 4.79 Å². The maximum Gasteiger partial charge on any atom is 0.427 e. The van der Waals surface area contributed by atoms with E-state index in [2.05, 4.69) is 10.1 Å². The highest BCUT2D eigenvalue weighted by Crippen LogP contribution is 2.36. The van der Waals surface area contributed by atoms with Crippen molar-refractivity contribution in [2.45, 2.75) is 62.4 Å². The number of carbonyl (C=O) groups is 2. The number of halogens is 3. The normalized spacial score (nSPS) is 25.7. The van der Waals surface area contributed by atoms with E-state index in [9.17, 15) is 22.8 Å². The van der Waals surface area contributed by atoms with Crippen molar-refractivity contribution in [2.75, 3.05) is 32.8 Å². The maximum atomic E-state index is 12.6. The van der Waals surface area contributed by atoms with Gasteiger partial charge in [0.2, 0.25) is 6.10 Å². The van der Waals surface area contributed by atoms with Crippen LogP contribution in [-0.2, 0) is 14.3 Å². The monoisotopic (exact) mass is 408 g/mol. The Kier molecular flexibility index (Phi) is 6.51. The fourth-order valence-corrected chi connectivity index (χ4v) is 3.80. The number of hydrogen-bond acceptors (Lipinski definition) is 6. The smallest absolute Gasteiger partial charge is 0.427 e. The van der Waals surface area contributed by atoms with Crippen LogP contribution in [0.15, 0.2) is 0 Å². The third-order valence-electron chi connectivity index (χ3n) is 5.72. The summed E-state index contributed by atoms with van der Waals surface area (Å²) in [6.07, 6.45) is -3.79. The van der Waals surface area contributed by atoms with Crippen LogP contribution in [0.5, 0.6) is 0 Å². The van der Waals surface area contributed by atoms with E-state index >= 15 is 0 Å². The summed E-state index contributed by atoms with van der Waals surface area (Å²) in [5, 5.41) is 12.0. The number of Topliss-reactive ketones (excluding diaryl/α,β-unsaturated/α-hetero) is 1. The number of rotatable bonds is 7. The van der Waals surface area contributed by atoms with Gasteiger partial charge < -0.3 is 24.8 Å². The molecule has 0 aromatic heterocycles. The van der Waals surface area contributed by atoms with Gasteiger partial charge in [0, 0.05) is 25.6 Å². The minimum Gasteiger partial charge on any atom is -0.434 e. The van der Waals surface area contributed by atoms with Gasteiger partial charge in [0.15, 0.2) is 0 Å². The summed E-state index contributed by atoms with van der Waals surface area (Å²) < 4.78 is 48.2. The number of ether oxygens (including phenoxy) is 2. The second kappa shape index (κ2) is 8.54. The van der Waals surface area contributed by atoms with Crippen LogP contribution in [-0.4, -0.2) is 78.7 Å². The molecule has 0 bridgehead atoms. The highest BCUT2D eigenvalue weighted by atomic mass is 19.4. The molecule has 1 saturated carbocycles. The van der Waals surface area contributed by atoms with Gasteiger partial charge in [0.25, 0.3) is 0 Å². The number of amides is 1. The van der Waals surface area contributed by atoms with Crippen molar-refractivity contribution in [2.24, 2.45) is 5.92 Å². The number of alkyl halides is 3.